The molecule has 1 aromatic rings. The van der Waals surface area contributed by atoms with Crippen molar-refractivity contribution in [3.05, 3.63) is 24.0 Å². The Kier molecular flexibility index (Phi) is 6.00. The molecule has 118 valence electrons. The van der Waals surface area contributed by atoms with Crippen LogP contribution < -0.4 is 10.2 Å². The van der Waals surface area contributed by atoms with Gasteiger partial charge in [-0.15, -0.1) is 0 Å². The fourth-order valence-electron chi connectivity index (χ4n) is 3.37. The van der Waals surface area contributed by atoms with Crippen LogP contribution in [0.3, 0.4) is 0 Å². The van der Waals surface area contributed by atoms with Gasteiger partial charge >= 0.3 is 0 Å². The highest BCUT2D eigenvalue weighted by Gasteiger charge is 2.26. The van der Waals surface area contributed by atoms with Crippen molar-refractivity contribution in [3.8, 4) is 0 Å². The Bertz CT molecular complexity index is 409. The van der Waals surface area contributed by atoms with Gasteiger partial charge in [0.2, 0.25) is 0 Å². The molecule has 4 heteroatoms. The van der Waals surface area contributed by atoms with Gasteiger partial charge in [-0.2, -0.15) is 0 Å². The summed E-state index contributed by atoms with van der Waals surface area (Å²) >= 11 is 0. The zero-order chi connectivity index (χ0) is 15.2. The summed E-state index contributed by atoms with van der Waals surface area (Å²) < 4.78 is 0. The van der Waals surface area contributed by atoms with Crippen molar-refractivity contribution in [1.29, 1.82) is 0 Å². The normalized spacial score (nSPS) is 20.2. The van der Waals surface area contributed by atoms with E-state index in [1.165, 1.54) is 12.1 Å². The van der Waals surface area contributed by atoms with Gasteiger partial charge in [0.05, 0.1) is 17.6 Å². The van der Waals surface area contributed by atoms with Gasteiger partial charge in [0.25, 0.3) is 0 Å². The fourth-order valence-corrected chi connectivity index (χ4v) is 3.37. The van der Waals surface area contributed by atoms with Gasteiger partial charge < -0.3 is 10.2 Å². The lowest BCUT2D eigenvalue weighted by molar-refractivity contribution is 0.232. The number of aromatic nitrogens is 1. The number of nitrogens with zero attached hydrogens (tertiary/aromatic N) is 3. The zero-order valence-corrected chi connectivity index (χ0v) is 14.0. The topological polar surface area (TPSA) is 31.4 Å². The molecule has 0 spiro atoms. The lowest BCUT2D eigenvalue weighted by atomic mass is 10.1. The van der Waals surface area contributed by atoms with Crippen LogP contribution in [0.1, 0.15) is 45.3 Å². The number of hydrogen-bond acceptors (Lipinski definition) is 4. The van der Waals surface area contributed by atoms with E-state index >= 15 is 0 Å². The summed E-state index contributed by atoms with van der Waals surface area (Å²) in [4.78, 5) is 9.70. The molecule has 1 N–H and O–H groups in total. The molecule has 0 saturated carbocycles. The minimum atomic E-state index is 0.362. The highest BCUT2D eigenvalue weighted by Crippen LogP contribution is 2.24. The molecule has 0 aliphatic carbocycles. The monoisotopic (exact) mass is 290 g/mol. The molecule has 0 bridgehead atoms. The van der Waals surface area contributed by atoms with Crippen molar-refractivity contribution < 1.29 is 0 Å². The van der Waals surface area contributed by atoms with E-state index in [-0.39, 0.29) is 0 Å². The number of likely N-dealkylation sites (N-methyl/N-ethyl adjacent to an activating group) is 1. The molecule has 1 fully saturated rings. The molecular weight excluding hydrogens is 260 g/mol. The first kappa shape index (κ1) is 16.2. The van der Waals surface area contributed by atoms with E-state index in [0.717, 1.165) is 38.3 Å². The third kappa shape index (κ3) is 3.74. The highest BCUT2D eigenvalue weighted by molar-refractivity contribution is 5.46. The Balaban J connectivity index is 2.00. The van der Waals surface area contributed by atoms with Gasteiger partial charge in [0.1, 0.15) is 0 Å². The van der Waals surface area contributed by atoms with E-state index in [1.807, 2.05) is 13.2 Å². The molecule has 0 aromatic carbocycles. The average Bonchev–Trinajstić information content (AvgIpc) is 3.00. The third-order valence-corrected chi connectivity index (χ3v) is 4.74. The third-order valence-electron chi connectivity index (χ3n) is 4.74. The van der Waals surface area contributed by atoms with Crippen LogP contribution in [-0.2, 0) is 0 Å². The quantitative estimate of drug-likeness (QED) is 0.836. The smallest absolute Gasteiger partial charge is 0.0574 e. The molecule has 0 radical (unpaired) electrons. The van der Waals surface area contributed by atoms with Crippen LogP contribution in [0, 0.1) is 0 Å². The fraction of sp³-hybridized carbons (Fsp3) is 0.706. The maximum Gasteiger partial charge on any atom is 0.0574 e. The van der Waals surface area contributed by atoms with E-state index in [4.69, 9.17) is 0 Å². The number of anilines is 1. The minimum Gasteiger partial charge on any atom is -0.369 e. The van der Waals surface area contributed by atoms with Crippen LogP contribution >= 0.6 is 0 Å². The van der Waals surface area contributed by atoms with Crippen molar-refractivity contribution in [3.63, 3.8) is 0 Å². The number of nitrogens with one attached hydrogen (secondary N) is 1. The molecule has 2 atom stereocenters. The largest absolute Gasteiger partial charge is 0.369 e. The maximum atomic E-state index is 4.66. The van der Waals surface area contributed by atoms with Crippen molar-refractivity contribution >= 4 is 5.69 Å². The van der Waals surface area contributed by atoms with Crippen LogP contribution in [0.4, 0.5) is 5.69 Å². The van der Waals surface area contributed by atoms with Crippen LogP contribution in [0.25, 0.3) is 0 Å². The molecular formula is C17H30N4. The van der Waals surface area contributed by atoms with Gasteiger partial charge in [-0.25, -0.2) is 0 Å². The molecule has 1 aliphatic rings. The number of rotatable bonds is 7. The summed E-state index contributed by atoms with van der Waals surface area (Å²) in [7, 11) is 2.00. The van der Waals surface area contributed by atoms with Gasteiger partial charge in [0.15, 0.2) is 0 Å². The Morgan fingerprint density at radius 3 is 2.62 bits per heavy atom. The highest BCUT2D eigenvalue weighted by atomic mass is 15.3. The predicted molar refractivity (Wildman–Crippen MR) is 89.9 cm³/mol. The first-order valence-electron chi connectivity index (χ1n) is 8.35. The first-order valence-corrected chi connectivity index (χ1v) is 8.35. The molecule has 2 unspecified atom stereocenters. The summed E-state index contributed by atoms with van der Waals surface area (Å²) in [6.45, 7) is 11.3. The van der Waals surface area contributed by atoms with E-state index in [2.05, 4.69) is 53.0 Å². The summed E-state index contributed by atoms with van der Waals surface area (Å²) in [6, 6.07) is 5.46. The van der Waals surface area contributed by atoms with Gasteiger partial charge in [-0.05, 0) is 45.1 Å². The van der Waals surface area contributed by atoms with Gasteiger partial charge in [-0.3, -0.25) is 9.88 Å². The first-order chi connectivity index (χ1) is 10.2. The molecule has 1 saturated heterocycles. The average molecular weight is 290 g/mol. The van der Waals surface area contributed by atoms with Crippen LogP contribution in [0.2, 0.25) is 0 Å². The molecule has 21 heavy (non-hydrogen) atoms. The summed E-state index contributed by atoms with van der Waals surface area (Å²) in [5.74, 6) is 0. The van der Waals surface area contributed by atoms with Gasteiger partial charge in [-0.1, -0.05) is 20.8 Å². The van der Waals surface area contributed by atoms with Crippen LogP contribution in [0.5, 0.6) is 0 Å². The zero-order valence-electron chi connectivity index (χ0n) is 14.0. The van der Waals surface area contributed by atoms with E-state index in [1.54, 1.807) is 0 Å². The maximum absolute atomic E-state index is 4.66. The van der Waals surface area contributed by atoms with Gasteiger partial charge in [0, 0.05) is 25.2 Å². The SMILES string of the molecule is CCC(NC)c1ccc(N2CCC(N(CC)CC)C2)cn1. The Labute approximate surface area is 129 Å². The van der Waals surface area contributed by atoms with Crippen LogP contribution in [-0.4, -0.2) is 49.2 Å². The lowest BCUT2D eigenvalue weighted by Crippen LogP contribution is -2.37. The van der Waals surface area contributed by atoms with Crippen molar-refractivity contribution in [2.24, 2.45) is 0 Å². The summed E-state index contributed by atoms with van der Waals surface area (Å²) in [6.07, 6.45) is 4.37. The molecule has 1 aliphatic heterocycles. The molecule has 2 heterocycles. The van der Waals surface area contributed by atoms with E-state index in [0.29, 0.717) is 12.1 Å². The van der Waals surface area contributed by atoms with Crippen molar-refractivity contribution in [2.75, 3.05) is 38.1 Å². The number of hydrogen-bond donors (Lipinski definition) is 1. The van der Waals surface area contributed by atoms with E-state index in [9.17, 15) is 0 Å². The molecule has 2 rings (SSSR count). The Morgan fingerprint density at radius 2 is 2.10 bits per heavy atom. The Morgan fingerprint density at radius 1 is 1.33 bits per heavy atom. The second-order valence-electron chi connectivity index (χ2n) is 5.80. The number of pyridine rings is 1. The predicted octanol–water partition coefficient (Wildman–Crippen LogP) is 2.67. The minimum absolute atomic E-state index is 0.362. The Hall–Kier alpha value is -1.13. The summed E-state index contributed by atoms with van der Waals surface area (Å²) in [5.41, 5.74) is 2.41. The van der Waals surface area contributed by atoms with Crippen molar-refractivity contribution in [1.82, 2.24) is 15.2 Å². The second kappa shape index (κ2) is 7.76. The molecule has 0 amide bonds. The lowest BCUT2D eigenvalue weighted by Gasteiger charge is -2.26. The summed E-state index contributed by atoms with van der Waals surface area (Å²) in [5, 5.41) is 3.31. The van der Waals surface area contributed by atoms with Crippen molar-refractivity contribution in [2.45, 2.75) is 45.7 Å². The van der Waals surface area contributed by atoms with E-state index < -0.39 is 0 Å². The van der Waals surface area contributed by atoms with Crippen LogP contribution in [0.15, 0.2) is 18.3 Å². The standard InChI is InChI=1S/C17H30N4/c1-5-16(18-4)17-9-8-14(12-19-17)21-11-10-15(13-21)20(6-2)7-3/h8-9,12,15-16,18H,5-7,10-11,13H2,1-4H3. The second-order valence-corrected chi connectivity index (χ2v) is 5.80. The molecule has 4 nitrogen and oxygen atoms in total. The molecule has 1 aromatic heterocycles.